The van der Waals surface area contributed by atoms with E-state index in [0.29, 0.717) is 6.04 Å². The number of nitrogens with two attached hydrogens (primary N) is 1. The van der Waals surface area contributed by atoms with E-state index in [4.69, 9.17) is 5.73 Å². The summed E-state index contributed by atoms with van der Waals surface area (Å²) in [4.78, 5) is 0. The predicted molar refractivity (Wildman–Crippen MR) is 49.3 cm³/mol. The first-order chi connectivity index (χ1) is 5.11. The Labute approximate surface area is 70.4 Å². The lowest BCUT2D eigenvalue weighted by molar-refractivity contribution is 0.194. The van der Waals surface area contributed by atoms with Gasteiger partial charge in [0.05, 0.1) is 0 Å². The lowest BCUT2D eigenvalue weighted by Gasteiger charge is -2.35. The van der Waals surface area contributed by atoms with Crippen molar-refractivity contribution in [2.45, 2.75) is 46.1 Å². The van der Waals surface area contributed by atoms with Crippen LogP contribution in [0.3, 0.4) is 0 Å². The molecule has 0 heterocycles. The molecule has 2 N–H and O–H groups in total. The third kappa shape index (κ3) is 2.19. The summed E-state index contributed by atoms with van der Waals surface area (Å²) in [7, 11) is 0. The van der Waals surface area contributed by atoms with Gasteiger partial charge in [-0.25, -0.2) is 0 Å². The highest BCUT2D eigenvalue weighted by Gasteiger charge is 2.27. The maximum atomic E-state index is 6.04. The van der Waals surface area contributed by atoms with Gasteiger partial charge in [-0.2, -0.15) is 0 Å². The van der Waals surface area contributed by atoms with Gasteiger partial charge in [-0.3, -0.25) is 0 Å². The van der Waals surface area contributed by atoms with Gasteiger partial charge in [0.15, 0.2) is 0 Å². The SMILES string of the molecule is CC1CCC(N)C(C(C)C)C1. The van der Waals surface area contributed by atoms with Gasteiger partial charge in [-0.1, -0.05) is 20.8 Å². The van der Waals surface area contributed by atoms with Gasteiger partial charge in [-0.05, 0) is 37.0 Å². The second-order valence-corrected chi connectivity index (χ2v) is 4.49. The quantitative estimate of drug-likeness (QED) is 0.618. The molecule has 0 saturated heterocycles. The van der Waals surface area contributed by atoms with E-state index in [2.05, 4.69) is 20.8 Å². The van der Waals surface area contributed by atoms with Crippen LogP contribution in [0.1, 0.15) is 40.0 Å². The molecule has 1 aliphatic carbocycles. The Morgan fingerprint density at radius 3 is 2.36 bits per heavy atom. The van der Waals surface area contributed by atoms with Crippen molar-refractivity contribution in [3.05, 3.63) is 0 Å². The molecule has 0 aromatic rings. The first-order valence-corrected chi connectivity index (χ1v) is 4.87. The minimum atomic E-state index is 0.478. The molecular weight excluding hydrogens is 134 g/mol. The molecule has 3 unspecified atom stereocenters. The van der Waals surface area contributed by atoms with Crippen molar-refractivity contribution in [3.8, 4) is 0 Å². The van der Waals surface area contributed by atoms with Crippen molar-refractivity contribution in [1.82, 2.24) is 0 Å². The average Bonchev–Trinajstić information content (AvgIpc) is 1.94. The standard InChI is InChI=1S/C10H21N/c1-7(2)9-6-8(3)4-5-10(9)11/h7-10H,4-6,11H2,1-3H3. The zero-order chi connectivity index (χ0) is 8.43. The lowest BCUT2D eigenvalue weighted by atomic mass is 9.74. The average molecular weight is 155 g/mol. The van der Waals surface area contributed by atoms with Gasteiger partial charge < -0.3 is 5.73 Å². The third-order valence-corrected chi connectivity index (χ3v) is 3.07. The van der Waals surface area contributed by atoms with Gasteiger partial charge in [0, 0.05) is 6.04 Å². The fourth-order valence-electron chi connectivity index (χ4n) is 2.21. The van der Waals surface area contributed by atoms with Crippen molar-refractivity contribution >= 4 is 0 Å². The van der Waals surface area contributed by atoms with E-state index in [1.807, 2.05) is 0 Å². The van der Waals surface area contributed by atoms with Crippen molar-refractivity contribution < 1.29 is 0 Å². The monoisotopic (exact) mass is 155 g/mol. The Hall–Kier alpha value is -0.0400. The second-order valence-electron chi connectivity index (χ2n) is 4.49. The molecule has 0 bridgehead atoms. The molecular formula is C10H21N. The van der Waals surface area contributed by atoms with Crippen LogP contribution in [0.25, 0.3) is 0 Å². The van der Waals surface area contributed by atoms with Crippen molar-refractivity contribution in [2.24, 2.45) is 23.5 Å². The van der Waals surface area contributed by atoms with Gasteiger partial charge in [0.1, 0.15) is 0 Å². The van der Waals surface area contributed by atoms with Gasteiger partial charge in [0.2, 0.25) is 0 Å². The lowest BCUT2D eigenvalue weighted by Crippen LogP contribution is -2.38. The minimum Gasteiger partial charge on any atom is -0.327 e. The van der Waals surface area contributed by atoms with Crippen LogP contribution in [0.15, 0.2) is 0 Å². The Bertz CT molecular complexity index is 120. The van der Waals surface area contributed by atoms with Crippen LogP contribution in [-0.4, -0.2) is 6.04 Å². The van der Waals surface area contributed by atoms with Gasteiger partial charge in [-0.15, -0.1) is 0 Å². The Balaban J connectivity index is 2.47. The van der Waals surface area contributed by atoms with E-state index in [1.165, 1.54) is 19.3 Å². The molecule has 3 atom stereocenters. The molecule has 0 radical (unpaired) electrons. The first-order valence-electron chi connectivity index (χ1n) is 4.87. The minimum absolute atomic E-state index is 0.478. The van der Waals surface area contributed by atoms with Crippen molar-refractivity contribution in [3.63, 3.8) is 0 Å². The Morgan fingerprint density at radius 1 is 1.27 bits per heavy atom. The van der Waals surface area contributed by atoms with Crippen LogP contribution in [-0.2, 0) is 0 Å². The molecule has 0 aliphatic heterocycles. The fourth-order valence-corrected chi connectivity index (χ4v) is 2.21. The summed E-state index contributed by atoms with van der Waals surface area (Å²) in [6.07, 6.45) is 3.92. The molecule has 0 aromatic heterocycles. The zero-order valence-electron chi connectivity index (χ0n) is 8.01. The molecule has 0 aromatic carbocycles. The zero-order valence-corrected chi connectivity index (χ0v) is 8.01. The van der Waals surface area contributed by atoms with Crippen LogP contribution >= 0.6 is 0 Å². The number of rotatable bonds is 1. The van der Waals surface area contributed by atoms with Crippen LogP contribution in [0.5, 0.6) is 0 Å². The predicted octanol–water partition coefficient (Wildman–Crippen LogP) is 2.41. The molecule has 1 saturated carbocycles. The van der Waals surface area contributed by atoms with E-state index >= 15 is 0 Å². The van der Waals surface area contributed by atoms with E-state index in [9.17, 15) is 0 Å². The molecule has 1 nitrogen and oxygen atoms in total. The molecule has 1 fully saturated rings. The van der Waals surface area contributed by atoms with Gasteiger partial charge in [0.25, 0.3) is 0 Å². The van der Waals surface area contributed by atoms with E-state index in [-0.39, 0.29) is 0 Å². The number of hydrogen-bond acceptors (Lipinski definition) is 1. The fraction of sp³-hybridized carbons (Fsp3) is 1.00. The summed E-state index contributed by atoms with van der Waals surface area (Å²) in [6.45, 7) is 6.94. The van der Waals surface area contributed by atoms with Crippen molar-refractivity contribution in [1.29, 1.82) is 0 Å². The van der Waals surface area contributed by atoms with Crippen LogP contribution in [0, 0.1) is 17.8 Å². The summed E-state index contributed by atoms with van der Waals surface area (Å²) in [6, 6.07) is 0.478. The summed E-state index contributed by atoms with van der Waals surface area (Å²) in [5.74, 6) is 2.45. The Morgan fingerprint density at radius 2 is 1.91 bits per heavy atom. The molecule has 66 valence electrons. The summed E-state index contributed by atoms with van der Waals surface area (Å²) < 4.78 is 0. The largest absolute Gasteiger partial charge is 0.327 e. The number of hydrogen-bond donors (Lipinski definition) is 1. The molecule has 1 rings (SSSR count). The summed E-state index contributed by atoms with van der Waals surface area (Å²) in [5.41, 5.74) is 6.04. The highest BCUT2D eigenvalue weighted by Crippen LogP contribution is 2.32. The van der Waals surface area contributed by atoms with E-state index in [1.54, 1.807) is 0 Å². The van der Waals surface area contributed by atoms with Crippen LogP contribution in [0.2, 0.25) is 0 Å². The van der Waals surface area contributed by atoms with Crippen LogP contribution in [0.4, 0.5) is 0 Å². The summed E-state index contributed by atoms with van der Waals surface area (Å²) >= 11 is 0. The maximum absolute atomic E-state index is 6.04. The highest BCUT2D eigenvalue weighted by atomic mass is 14.7. The third-order valence-electron chi connectivity index (χ3n) is 3.07. The normalized spacial score (nSPS) is 39.5. The van der Waals surface area contributed by atoms with E-state index < -0.39 is 0 Å². The smallest absolute Gasteiger partial charge is 0.00698 e. The van der Waals surface area contributed by atoms with Crippen LogP contribution < -0.4 is 5.73 Å². The Kier molecular flexibility index (Phi) is 2.94. The van der Waals surface area contributed by atoms with E-state index in [0.717, 1.165) is 17.8 Å². The van der Waals surface area contributed by atoms with Gasteiger partial charge >= 0.3 is 0 Å². The maximum Gasteiger partial charge on any atom is 0.00698 e. The first kappa shape index (κ1) is 9.05. The second kappa shape index (κ2) is 3.57. The molecule has 1 aliphatic rings. The molecule has 0 spiro atoms. The highest BCUT2D eigenvalue weighted by molar-refractivity contribution is 4.82. The van der Waals surface area contributed by atoms with Crippen molar-refractivity contribution in [2.75, 3.05) is 0 Å². The summed E-state index contributed by atoms with van der Waals surface area (Å²) in [5, 5.41) is 0. The molecule has 0 amide bonds. The topological polar surface area (TPSA) is 26.0 Å². The molecule has 11 heavy (non-hydrogen) atoms. The molecule has 1 heteroatoms.